The van der Waals surface area contributed by atoms with Gasteiger partial charge in [-0.3, -0.25) is 4.79 Å². The number of hydrogen-bond acceptors (Lipinski definition) is 7. The molecule has 2 aromatic carbocycles. The second kappa shape index (κ2) is 11.9. The normalized spacial score (nSPS) is 11.4. The number of likely N-dealkylation sites (N-methyl/N-ethyl adjacent to an activating group) is 2. The molecule has 1 amide bonds. The molecule has 0 aliphatic rings. The fraction of sp³-hybridized carbons (Fsp3) is 0.250. The molecular formula is C28H30B3N7O2. The van der Waals surface area contributed by atoms with Crippen molar-refractivity contribution in [2.75, 3.05) is 49.8 Å². The first-order valence-corrected chi connectivity index (χ1v) is 12.6. The molecule has 0 fully saturated rings. The van der Waals surface area contributed by atoms with E-state index >= 15 is 0 Å². The van der Waals surface area contributed by atoms with Crippen LogP contribution in [-0.2, 0) is 11.8 Å². The van der Waals surface area contributed by atoms with Crippen molar-refractivity contribution in [3.05, 3.63) is 67.5 Å². The van der Waals surface area contributed by atoms with Crippen LogP contribution in [0.15, 0.2) is 67.5 Å². The molecule has 40 heavy (non-hydrogen) atoms. The second-order valence-corrected chi connectivity index (χ2v) is 9.80. The predicted octanol–water partition coefficient (Wildman–Crippen LogP) is 3.00. The van der Waals surface area contributed by atoms with Gasteiger partial charge in [-0.05, 0) is 43.7 Å². The highest BCUT2D eigenvalue weighted by Crippen LogP contribution is 2.39. The molecule has 0 bridgehead atoms. The van der Waals surface area contributed by atoms with Crippen LogP contribution < -0.4 is 20.3 Å². The monoisotopic (exact) mass is 529 g/mol. The molecule has 6 radical (unpaired) electrons. The van der Waals surface area contributed by atoms with Gasteiger partial charge in [0.2, 0.25) is 11.9 Å². The fourth-order valence-corrected chi connectivity index (χ4v) is 4.25. The summed E-state index contributed by atoms with van der Waals surface area (Å²) >= 11 is 0. The van der Waals surface area contributed by atoms with Crippen LogP contribution in [0.5, 0.6) is 5.75 Å². The number of ether oxygens (including phenoxy) is 1. The van der Waals surface area contributed by atoms with Gasteiger partial charge in [0.25, 0.3) is 0 Å². The summed E-state index contributed by atoms with van der Waals surface area (Å²) in [6.07, 6.45) is 4.89. The van der Waals surface area contributed by atoms with Crippen molar-refractivity contribution >= 4 is 63.4 Å². The highest BCUT2D eigenvalue weighted by atomic mass is 16.5. The van der Waals surface area contributed by atoms with Crippen molar-refractivity contribution in [3.63, 3.8) is 0 Å². The molecule has 0 aliphatic heterocycles. The Morgan fingerprint density at radius 2 is 1.88 bits per heavy atom. The molecule has 2 heterocycles. The Morgan fingerprint density at radius 1 is 1.12 bits per heavy atom. The number of carbonyl (C=O) groups is 1. The average molecular weight is 529 g/mol. The first-order chi connectivity index (χ1) is 18.9. The molecular weight excluding hydrogens is 499 g/mol. The zero-order valence-electron chi connectivity index (χ0n) is 23.2. The largest absolute Gasteiger partial charge is 0.514 e. The van der Waals surface area contributed by atoms with E-state index in [4.69, 9.17) is 33.3 Å². The summed E-state index contributed by atoms with van der Waals surface area (Å²) < 4.78 is 7.78. The van der Waals surface area contributed by atoms with Gasteiger partial charge in [-0.2, -0.15) is 0 Å². The lowest BCUT2D eigenvalue weighted by molar-refractivity contribution is -0.111. The number of nitrogens with zero attached hydrogens (tertiary/aromatic N) is 5. The molecule has 4 aromatic rings. The van der Waals surface area contributed by atoms with Gasteiger partial charge in [-0.15, -0.1) is 0 Å². The molecule has 2 aromatic heterocycles. The van der Waals surface area contributed by atoms with E-state index in [9.17, 15) is 4.79 Å². The summed E-state index contributed by atoms with van der Waals surface area (Å²) in [4.78, 5) is 25.5. The van der Waals surface area contributed by atoms with Crippen molar-refractivity contribution in [1.29, 1.82) is 0 Å². The molecule has 12 heteroatoms. The quantitative estimate of drug-likeness (QED) is 0.228. The number of aryl methyl sites for hydroxylation is 1. The molecule has 2 N–H and O–H groups in total. The third kappa shape index (κ3) is 6.87. The fourth-order valence-electron chi connectivity index (χ4n) is 4.25. The van der Waals surface area contributed by atoms with Gasteiger partial charge in [-0.25, -0.2) is 9.97 Å². The lowest BCUT2D eigenvalue weighted by Gasteiger charge is -2.29. The van der Waals surface area contributed by atoms with Crippen LogP contribution in [0.3, 0.4) is 0 Å². The Labute approximate surface area is 238 Å². The molecule has 0 aliphatic carbocycles. The number of para-hydroxylation sites is 1. The maximum Gasteiger partial charge on any atom is 0.247 e. The molecule has 0 unspecified atom stereocenters. The third-order valence-electron chi connectivity index (χ3n) is 6.20. The van der Waals surface area contributed by atoms with Crippen molar-refractivity contribution in [1.82, 2.24) is 19.4 Å². The zero-order chi connectivity index (χ0) is 29.0. The molecule has 198 valence electrons. The van der Waals surface area contributed by atoms with Gasteiger partial charge in [0.05, 0.1) is 22.8 Å². The van der Waals surface area contributed by atoms with Crippen LogP contribution >= 0.6 is 0 Å². The van der Waals surface area contributed by atoms with E-state index in [2.05, 4.69) is 43.8 Å². The minimum absolute atomic E-state index is 0.245. The third-order valence-corrected chi connectivity index (χ3v) is 6.20. The van der Waals surface area contributed by atoms with Crippen LogP contribution in [0, 0.1) is 0 Å². The van der Waals surface area contributed by atoms with Crippen LogP contribution in [0.1, 0.15) is 0 Å². The van der Waals surface area contributed by atoms with Gasteiger partial charge in [0.1, 0.15) is 29.3 Å². The minimum atomic E-state index is -1.96. The molecule has 4 rings (SSSR count). The first kappa shape index (κ1) is 28.8. The Bertz CT molecular complexity index is 1530. The summed E-state index contributed by atoms with van der Waals surface area (Å²) in [6, 6.07) is 13.3. The number of amides is 1. The number of nitrogens with one attached hydrogen (secondary N) is 2. The lowest BCUT2D eigenvalue weighted by atomic mass is 9.52. The van der Waals surface area contributed by atoms with E-state index < -0.39 is 5.30 Å². The molecule has 9 nitrogen and oxygen atoms in total. The van der Waals surface area contributed by atoms with Gasteiger partial charge < -0.3 is 29.7 Å². The maximum atomic E-state index is 12.3. The van der Waals surface area contributed by atoms with Crippen LogP contribution in [0.2, 0.25) is 0 Å². The summed E-state index contributed by atoms with van der Waals surface area (Å²) in [6.45, 7) is 4.99. The number of carbonyl (C=O) groups excluding carboxylic acids is 1. The minimum Gasteiger partial charge on any atom is -0.514 e. The van der Waals surface area contributed by atoms with Gasteiger partial charge in [0, 0.05) is 62.1 Å². The number of anilines is 4. The smallest absolute Gasteiger partial charge is 0.247 e. The van der Waals surface area contributed by atoms with Gasteiger partial charge in [0.15, 0.2) is 0 Å². The second-order valence-electron chi connectivity index (χ2n) is 9.80. The highest BCUT2D eigenvalue weighted by molar-refractivity contribution is 6.58. The van der Waals surface area contributed by atoms with E-state index in [0.717, 1.165) is 28.7 Å². The van der Waals surface area contributed by atoms with E-state index in [0.29, 0.717) is 29.6 Å². The number of fused-ring (bicyclic) bond motifs is 1. The lowest BCUT2D eigenvalue weighted by Crippen LogP contribution is -2.38. The number of rotatable bonds is 11. The van der Waals surface area contributed by atoms with E-state index in [1.165, 1.54) is 6.08 Å². The number of aromatic nitrogens is 3. The SMILES string of the molecule is [B]C([B])([B])Oc1cc(N(C)CCN(C)C)c(NC(=O)C=C)cc1Nc1nccc(-c2cn(C)c3ccccc23)n1. The van der Waals surface area contributed by atoms with Crippen LogP contribution in [-0.4, -0.2) is 88.4 Å². The number of hydrogen-bond donors (Lipinski definition) is 2. The van der Waals surface area contributed by atoms with Crippen molar-refractivity contribution in [2.45, 2.75) is 5.30 Å². The molecule has 0 saturated carbocycles. The summed E-state index contributed by atoms with van der Waals surface area (Å²) in [7, 11) is 25.3. The van der Waals surface area contributed by atoms with Crippen molar-refractivity contribution in [3.8, 4) is 17.0 Å². The van der Waals surface area contributed by atoms with Crippen molar-refractivity contribution in [2.24, 2.45) is 7.05 Å². The molecule has 0 spiro atoms. The van der Waals surface area contributed by atoms with Gasteiger partial charge >= 0.3 is 0 Å². The van der Waals surface area contributed by atoms with Crippen LogP contribution in [0.25, 0.3) is 22.2 Å². The Hall–Kier alpha value is -4.18. The van der Waals surface area contributed by atoms with Crippen molar-refractivity contribution < 1.29 is 9.53 Å². The molecule has 0 atom stereocenters. The van der Waals surface area contributed by atoms with Crippen LogP contribution in [0.4, 0.5) is 23.0 Å². The van der Waals surface area contributed by atoms with E-state index in [1.54, 1.807) is 18.3 Å². The van der Waals surface area contributed by atoms with E-state index in [1.807, 2.05) is 57.5 Å². The predicted molar refractivity (Wildman–Crippen MR) is 165 cm³/mol. The standard InChI is InChI=1S/C28H30B3N7O2/c1-6-26(39)33-21-15-22(25(40-28(29,30)31)16-24(21)37(4)14-13-36(2)3)35-27-32-12-11-20(34-27)19-17-38(5)23-10-8-7-9-18(19)23/h6-12,15-17H,1,13-14H2,2-5H3,(H,33,39)(H,32,34,35). The van der Waals surface area contributed by atoms with E-state index in [-0.39, 0.29) is 11.7 Å². The maximum absolute atomic E-state index is 12.3. The highest BCUT2D eigenvalue weighted by Gasteiger charge is 2.20. The Kier molecular flexibility index (Phi) is 8.59. The van der Waals surface area contributed by atoms with Gasteiger partial charge in [-0.1, -0.05) is 24.8 Å². The first-order valence-electron chi connectivity index (χ1n) is 12.6. The summed E-state index contributed by atoms with van der Waals surface area (Å²) in [5.41, 5.74) is 4.33. The average Bonchev–Trinajstić information content (AvgIpc) is 3.24. The number of benzene rings is 2. The Balaban J connectivity index is 1.77. The Morgan fingerprint density at radius 3 is 2.58 bits per heavy atom. The molecule has 0 saturated heterocycles. The summed E-state index contributed by atoms with van der Waals surface area (Å²) in [5, 5.41) is 5.15. The zero-order valence-corrected chi connectivity index (χ0v) is 23.2. The summed E-state index contributed by atoms with van der Waals surface area (Å²) in [5.74, 6) is 0.165. The topological polar surface area (TPSA) is 87.5 Å².